The Morgan fingerprint density at radius 1 is 1.43 bits per heavy atom. The standard InChI is InChI=1S/C14H16ClN3O3/c1-9(10-4-3-5-11(15)6-10)16-12(19)7-18-13(20)8-17(2)14(18)21/h3-6,9H,7-8H2,1-2H3,(H,16,19)/t9-/m1/s1. The van der Waals surface area contributed by atoms with Crippen LogP contribution in [0.3, 0.4) is 0 Å². The third kappa shape index (κ3) is 3.52. The fraction of sp³-hybridized carbons (Fsp3) is 0.357. The average molecular weight is 310 g/mol. The second-order valence-electron chi connectivity index (χ2n) is 4.96. The van der Waals surface area contributed by atoms with E-state index in [2.05, 4.69) is 5.32 Å². The van der Waals surface area contributed by atoms with E-state index in [1.807, 2.05) is 13.0 Å². The van der Waals surface area contributed by atoms with Crippen molar-refractivity contribution in [3.63, 3.8) is 0 Å². The molecule has 1 N–H and O–H groups in total. The van der Waals surface area contributed by atoms with Gasteiger partial charge in [-0.05, 0) is 24.6 Å². The molecule has 4 amide bonds. The Hall–Kier alpha value is -2.08. The van der Waals surface area contributed by atoms with E-state index >= 15 is 0 Å². The van der Waals surface area contributed by atoms with Gasteiger partial charge in [0.05, 0.1) is 6.04 Å². The van der Waals surface area contributed by atoms with Crippen molar-refractivity contribution in [2.45, 2.75) is 13.0 Å². The molecule has 0 aromatic heterocycles. The fourth-order valence-corrected chi connectivity index (χ4v) is 2.31. The monoisotopic (exact) mass is 309 g/mol. The molecule has 1 aliphatic heterocycles. The molecular formula is C14H16ClN3O3. The van der Waals surface area contributed by atoms with Crippen LogP contribution in [0.15, 0.2) is 24.3 Å². The van der Waals surface area contributed by atoms with Crippen LogP contribution in [0, 0.1) is 0 Å². The van der Waals surface area contributed by atoms with Crippen LogP contribution in [0.5, 0.6) is 0 Å². The molecule has 1 aromatic carbocycles. The van der Waals surface area contributed by atoms with Crippen molar-refractivity contribution in [2.24, 2.45) is 0 Å². The number of carbonyl (C=O) groups is 3. The number of rotatable bonds is 4. The fourth-order valence-electron chi connectivity index (χ4n) is 2.11. The van der Waals surface area contributed by atoms with E-state index in [9.17, 15) is 14.4 Å². The Balaban J connectivity index is 1.96. The molecule has 0 unspecified atom stereocenters. The Morgan fingerprint density at radius 2 is 2.14 bits per heavy atom. The first-order valence-electron chi connectivity index (χ1n) is 6.49. The zero-order valence-electron chi connectivity index (χ0n) is 11.8. The smallest absolute Gasteiger partial charge is 0.327 e. The molecule has 1 fully saturated rings. The van der Waals surface area contributed by atoms with Crippen LogP contribution < -0.4 is 5.32 Å². The highest BCUT2D eigenvalue weighted by molar-refractivity contribution is 6.30. The van der Waals surface area contributed by atoms with Gasteiger partial charge < -0.3 is 10.2 Å². The van der Waals surface area contributed by atoms with Crippen LogP contribution >= 0.6 is 11.6 Å². The molecule has 7 heteroatoms. The lowest BCUT2D eigenvalue weighted by molar-refractivity contribution is -0.131. The minimum Gasteiger partial charge on any atom is -0.348 e. The van der Waals surface area contributed by atoms with Crippen molar-refractivity contribution in [2.75, 3.05) is 20.1 Å². The molecule has 1 saturated heterocycles. The maximum atomic E-state index is 12.0. The quantitative estimate of drug-likeness (QED) is 0.855. The van der Waals surface area contributed by atoms with Gasteiger partial charge >= 0.3 is 6.03 Å². The predicted molar refractivity (Wildman–Crippen MR) is 77.7 cm³/mol. The number of hydrogen-bond donors (Lipinski definition) is 1. The summed E-state index contributed by atoms with van der Waals surface area (Å²) in [6, 6.07) is 6.43. The number of likely N-dealkylation sites (N-methyl/N-ethyl adjacent to an activating group) is 1. The predicted octanol–water partition coefficient (Wildman–Crippen LogP) is 1.41. The minimum atomic E-state index is -0.453. The maximum absolute atomic E-state index is 12.0. The molecule has 1 aromatic rings. The molecule has 112 valence electrons. The number of urea groups is 1. The first-order chi connectivity index (χ1) is 9.88. The van der Waals surface area contributed by atoms with Crippen molar-refractivity contribution < 1.29 is 14.4 Å². The molecule has 1 atom stereocenters. The number of carbonyl (C=O) groups excluding carboxylic acids is 3. The Kier molecular flexibility index (Phi) is 4.47. The van der Waals surface area contributed by atoms with Gasteiger partial charge in [0.15, 0.2) is 0 Å². The number of benzene rings is 1. The van der Waals surface area contributed by atoms with E-state index in [0.29, 0.717) is 5.02 Å². The van der Waals surface area contributed by atoms with Gasteiger partial charge in [-0.25, -0.2) is 4.79 Å². The van der Waals surface area contributed by atoms with Crippen LogP contribution in [0.25, 0.3) is 0 Å². The molecule has 1 heterocycles. The highest BCUT2D eigenvalue weighted by Crippen LogP contribution is 2.17. The zero-order valence-corrected chi connectivity index (χ0v) is 12.6. The molecule has 2 rings (SSSR count). The molecule has 1 aliphatic rings. The van der Waals surface area contributed by atoms with Crippen molar-refractivity contribution in [3.8, 4) is 0 Å². The van der Waals surface area contributed by atoms with E-state index in [1.165, 1.54) is 11.9 Å². The van der Waals surface area contributed by atoms with Crippen molar-refractivity contribution in [1.29, 1.82) is 0 Å². The molecule has 0 saturated carbocycles. The number of nitrogens with one attached hydrogen (secondary N) is 1. The lowest BCUT2D eigenvalue weighted by Crippen LogP contribution is -2.41. The third-order valence-corrected chi connectivity index (χ3v) is 3.49. The van der Waals surface area contributed by atoms with E-state index in [4.69, 9.17) is 11.6 Å². The van der Waals surface area contributed by atoms with Gasteiger partial charge in [-0.1, -0.05) is 23.7 Å². The Bertz CT molecular complexity index is 591. The van der Waals surface area contributed by atoms with E-state index in [0.717, 1.165) is 10.5 Å². The number of halogens is 1. The first kappa shape index (κ1) is 15.3. The van der Waals surface area contributed by atoms with Gasteiger partial charge in [0.1, 0.15) is 13.1 Å². The topological polar surface area (TPSA) is 69.7 Å². The second kappa shape index (κ2) is 6.13. The lowest BCUT2D eigenvalue weighted by Gasteiger charge is -2.18. The van der Waals surface area contributed by atoms with Gasteiger partial charge in [-0.15, -0.1) is 0 Å². The highest BCUT2D eigenvalue weighted by Gasteiger charge is 2.34. The van der Waals surface area contributed by atoms with E-state index < -0.39 is 6.03 Å². The summed E-state index contributed by atoms with van der Waals surface area (Å²) < 4.78 is 0. The van der Waals surface area contributed by atoms with Gasteiger partial charge in [-0.3, -0.25) is 14.5 Å². The first-order valence-corrected chi connectivity index (χ1v) is 6.86. The van der Waals surface area contributed by atoms with Crippen LogP contribution in [-0.2, 0) is 9.59 Å². The molecule has 0 spiro atoms. The average Bonchev–Trinajstić information content (AvgIpc) is 2.65. The van der Waals surface area contributed by atoms with Gasteiger partial charge in [0.2, 0.25) is 5.91 Å². The van der Waals surface area contributed by atoms with Crippen LogP contribution in [0.4, 0.5) is 4.79 Å². The zero-order chi connectivity index (χ0) is 15.6. The van der Waals surface area contributed by atoms with Crippen molar-refractivity contribution >= 4 is 29.4 Å². The molecule has 0 aliphatic carbocycles. The summed E-state index contributed by atoms with van der Waals surface area (Å²) in [5.74, 6) is -0.757. The normalized spacial score (nSPS) is 16.3. The van der Waals surface area contributed by atoms with Gasteiger partial charge in [0.25, 0.3) is 5.91 Å². The minimum absolute atomic E-state index is 0.00988. The van der Waals surface area contributed by atoms with E-state index in [-0.39, 0.29) is 30.9 Å². The van der Waals surface area contributed by atoms with Crippen LogP contribution in [0.1, 0.15) is 18.5 Å². The molecule has 0 bridgehead atoms. The summed E-state index contributed by atoms with van der Waals surface area (Å²) in [5, 5.41) is 3.33. The summed E-state index contributed by atoms with van der Waals surface area (Å²) in [5.41, 5.74) is 0.854. The van der Waals surface area contributed by atoms with Crippen molar-refractivity contribution in [3.05, 3.63) is 34.9 Å². The van der Waals surface area contributed by atoms with Gasteiger partial charge in [-0.2, -0.15) is 0 Å². The highest BCUT2D eigenvalue weighted by atomic mass is 35.5. The second-order valence-corrected chi connectivity index (χ2v) is 5.40. The summed E-state index contributed by atoms with van der Waals surface area (Å²) in [6.07, 6.45) is 0. The Morgan fingerprint density at radius 3 is 2.71 bits per heavy atom. The van der Waals surface area contributed by atoms with Crippen LogP contribution in [-0.4, -0.2) is 47.8 Å². The van der Waals surface area contributed by atoms with E-state index in [1.54, 1.807) is 18.2 Å². The SMILES string of the molecule is C[C@@H](NC(=O)CN1C(=O)CN(C)C1=O)c1cccc(Cl)c1. The molecule has 6 nitrogen and oxygen atoms in total. The molecule has 0 radical (unpaired) electrons. The van der Waals surface area contributed by atoms with Crippen LogP contribution in [0.2, 0.25) is 5.02 Å². The summed E-state index contributed by atoms with van der Waals surface area (Å²) in [6.45, 7) is 1.55. The molecule has 21 heavy (non-hydrogen) atoms. The largest absolute Gasteiger partial charge is 0.348 e. The number of amides is 4. The Labute approximate surface area is 127 Å². The summed E-state index contributed by atoms with van der Waals surface area (Å²) in [4.78, 5) is 37.5. The molecular weight excluding hydrogens is 294 g/mol. The summed E-state index contributed by atoms with van der Waals surface area (Å²) >= 11 is 5.90. The summed E-state index contributed by atoms with van der Waals surface area (Å²) in [7, 11) is 1.52. The third-order valence-electron chi connectivity index (χ3n) is 3.26. The maximum Gasteiger partial charge on any atom is 0.327 e. The number of nitrogens with zero attached hydrogens (tertiary/aromatic N) is 2. The number of hydrogen-bond acceptors (Lipinski definition) is 3. The van der Waals surface area contributed by atoms with Gasteiger partial charge in [0, 0.05) is 12.1 Å². The number of imide groups is 1. The lowest BCUT2D eigenvalue weighted by atomic mass is 10.1. The van der Waals surface area contributed by atoms with Crippen molar-refractivity contribution in [1.82, 2.24) is 15.1 Å².